The van der Waals surface area contributed by atoms with Gasteiger partial charge in [0.15, 0.2) is 39.7 Å². The monoisotopic (exact) mass is 1720 g/mol. The van der Waals surface area contributed by atoms with Crippen LogP contribution in [0.5, 0.6) is 23.0 Å². The average molecular weight is 1720 g/mol. The number of hydrogen-bond donors (Lipinski definition) is 1. The van der Waals surface area contributed by atoms with Crippen LogP contribution in [-0.4, -0.2) is 58.6 Å². The molecule has 15 heteroatoms. The van der Waals surface area contributed by atoms with E-state index >= 15 is 0 Å². The van der Waals surface area contributed by atoms with E-state index < -0.39 is 10.8 Å². The van der Waals surface area contributed by atoms with E-state index in [2.05, 4.69) is 339 Å². The maximum atomic E-state index is 7.09. The van der Waals surface area contributed by atoms with Crippen LogP contribution in [0.3, 0.4) is 0 Å². The van der Waals surface area contributed by atoms with E-state index in [1.165, 1.54) is 105 Å². The van der Waals surface area contributed by atoms with Crippen molar-refractivity contribution in [2.24, 2.45) is 0 Å². The second-order valence-electron chi connectivity index (χ2n) is 33.0. The van der Waals surface area contributed by atoms with Gasteiger partial charge in [0.2, 0.25) is 0 Å². The van der Waals surface area contributed by atoms with Gasteiger partial charge in [-0.15, -0.1) is 0 Å². The summed E-state index contributed by atoms with van der Waals surface area (Å²) in [4.78, 5) is 40.8. The van der Waals surface area contributed by atoms with Crippen molar-refractivity contribution in [1.82, 2.24) is 58.6 Å². The molecule has 17 aromatic carbocycles. The zero-order valence-electron chi connectivity index (χ0n) is 68.9. The van der Waals surface area contributed by atoms with Gasteiger partial charge >= 0.3 is 0 Å². The molecule has 0 saturated heterocycles. The van der Waals surface area contributed by atoms with Crippen LogP contribution in [0.1, 0.15) is 44.5 Å². The molecule has 0 fully saturated rings. The highest BCUT2D eigenvalue weighted by atomic mass is 79.9. The topological polar surface area (TPSA) is 152 Å². The van der Waals surface area contributed by atoms with Crippen molar-refractivity contribution in [3.8, 4) is 108 Å². The predicted molar refractivity (Wildman–Crippen MR) is 518 cm³/mol. The minimum Gasteiger partial charge on any atom is -0.457 e. The first kappa shape index (κ1) is 73.6. The molecule has 0 aliphatic carbocycles. The largest absolute Gasteiger partial charge is 0.457 e. The number of ether oxygens (including phenoxy) is 2. The Hall–Kier alpha value is -16.9. The standard InChI is InChI=1S/C58H35N5O.C37H22N2O.C19H12BrN5/c1-3-16-36(17-4-1)55-59-56(37-18-5-2-6-19-37)61-57(60-55)38-30-32-39(33-31-38)62-48-26-11-8-21-41(48)43-34-47-53(35-51(43)62)64-52-29-14-10-24-45(52)58(47)44-23-9-13-28-50(44)63-49-27-12-7-20-40(49)42-22-15-25-46(58)54(42)63;1-5-16-30-22(10-1)25-20-29-35(21-31(25)38-30)40-34-19-8-4-14-27(34)37(29)26-13-3-7-18-33(26)39-32-17-6-2-11-23(32)24-12-9-15-28(37)36(24)39;20-19-21-11-15(12-22-19)18-24-16(13-7-3-1-4-8-13)23-17(25-18)14-9-5-2-6-10-14/h1-35H;1-21,38H;1-12H. The molecule has 2 spiro atoms. The molecule has 0 radical (unpaired) electrons. The minimum atomic E-state index is -0.661. The van der Waals surface area contributed by atoms with Crippen LogP contribution in [0.15, 0.2) is 418 Å². The smallest absolute Gasteiger partial charge is 0.196 e. The molecule has 0 saturated carbocycles. The van der Waals surface area contributed by atoms with E-state index in [4.69, 9.17) is 24.4 Å². The summed E-state index contributed by atoms with van der Waals surface area (Å²) in [6.07, 6.45) is 3.38. The summed E-state index contributed by atoms with van der Waals surface area (Å²) in [6, 6.07) is 141. The summed E-state index contributed by atoms with van der Waals surface area (Å²) in [5.41, 5.74) is 26.6. The van der Waals surface area contributed by atoms with E-state index in [1.54, 1.807) is 12.4 Å². The van der Waals surface area contributed by atoms with Crippen LogP contribution in [0.25, 0.3) is 173 Å². The first-order chi connectivity index (χ1) is 63.9. The second kappa shape index (κ2) is 29.1. The van der Waals surface area contributed by atoms with Crippen molar-refractivity contribution in [1.29, 1.82) is 0 Å². The number of benzene rings is 17. The molecule has 2 unspecified atom stereocenters. The van der Waals surface area contributed by atoms with Crippen molar-refractivity contribution < 1.29 is 9.47 Å². The Morgan fingerprint density at radius 3 is 1.05 bits per heavy atom. The van der Waals surface area contributed by atoms with Crippen LogP contribution < -0.4 is 9.47 Å². The molecule has 28 rings (SSSR count). The molecule has 129 heavy (non-hydrogen) atoms. The van der Waals surface area contributed by atoms with Gasteiger partial charge in [0.05, 0.1) is 66.4 Å². The van der Waals surface area contributed by atoms with Crippen molar-refractivity contribution in [2.75, 3.05) is 0 Å². The lowest BCUT2D eigenvalue weighted by molar-refractivity contribution is 0.434. The Morgan fingerprint density at radius 2 is 0.581 bits per heavy atom. The highest BCUT2D eigenvalue weighted by Crippen LogP contribution is 2.64. The third kappa shape index (κ3) is 11.2. The van der Waals surface area contributed by atoms with Gasteiger partial charge in [0.25, 0.3) is 0 Å². The highest BCUT2D eigenvalue weighted by molar-refractivity contribution is 9.10. The van der Waals surface area contributed by atoms with Crippen molar-refractivity contribution >= 4 is 103 Å². The number of aromatic nitrogens is 12. The van der Waals surface area contributed by atoms with E-state index in [0.717, 1.165) is 101 Å². The zero-order chi connectivity index (χ0) is 85.0. The van der Waals surface area contributed by atoms with Gasteiger partial charge in [-0.05, 0) is 123 Å². The normalized spacial score (nSPS) is 14.6. The van der Waals surface area contributed by atoms with Gasteiger partial charge < -0.3 is 28.2 Å². The average Bonchev–Trinajstić information content (AvgIpc) is 1.64. The summed E-state index contributed by atoms with van der Waals surface area (Å²) in [5, 5.41) is 9.83. The molecule has 604 valence electrons. The molecule has 4 aliphatic rings. The molecule has 14 nitrogen and oxygen atoms in total. The fourth-order valence-electron chi connectivity index (χ4n) is 20.8. The van der Waals surface area contributed by atoms with E-state index in [9.17, 15) is 0 Å². The molecule has 11 heterocycles. The molecule has 2 atom stereocenters. The van der Waals surface area contributed by atoms with Gasteiger partial charge in [0, 0.05) is 129 Å². The van der Waals surface area contributed by atoms with Crippen LogP contribution in [0.2, 0.25) is 0 Å². The second-order valence-corrected chi connectivity index (χ2v) is 33.7. The number of halogens is 1. The van der Waals surface area contributed by atoms with Crippen LogP contribution >= 0.6 is 15.9 Å². The first-order valence-corrected chi connectivity index (χ1v) is 43.9. The third-order valence-electron chi connectivity index (χ3n) is 26.2. The number of aromatic amines is 1. The lowest BCUT2D eigenvalue weighted by atomic mass is 9.61. The molecule has 1 N–H and O–H groups in total. The lowest BCUT2D eigenvalue weighted by Gasteiger charge is -2.45. The van der Waals surface area contributed by atoms with E-state index in [1.807, 2.05) is 121 Å². The van der Waals surface area contributed by atoms with Crippen molar-refractivity contribution in [3.05, 3.63) is 462 Å². The Bertz CT molecular complexity index is 8600. The van der Waals surface area contributed by atoms with Crippen LogP contribution in [0.4, 0.5) is 0 Å². The van der Waals surface area contributed by atoms with Gasteiger partial charge in [-0.25, -0.2) is 39.9 Å². The molecular formula is C114H69BrN12O2. The number of hydrogen-bond acceptors (Lipinski definition) is 10. The summed E-state index contributed by atoms with van der Waals surface area (Å²) < 4.78 is 21.7. The minimum absolute atomic E-state index is 0.525. The number of para-hydroxylation sites is 10. The fraction of sp³-hybridized carbons (Fsp3) is 0.0175. The third-order valence-corrected chi connectivity index (χ3v) is 26.6. The SMILES string of the molecule is Brc1ncc(-c2nc(-c3ccccc3)nc(-c3ccccc3)n2)cn1.c1ccc(-c2nc(-c3ccccc3)nc(-c3ccc(-n4c5ccccc5c5cc6c(cc54)Oc4ccccc4C64c5ccccc5-n5c6ccccc6c6cccc4c65)cc3)n2)cc1.c1ccc2c(c1)Oc1cc3[nH]c4ccccc4c3cc1C21c2ccccc2-n2c3ccccc3c3cccc1c32. The molecule has 4 aliphatic heterocycles. The number of rotatable bonds is 7. The Balaban J connectivity index is 0.000000114. The highest BCUT2D eigenvalue weighted by Gasteiger charge is 2.53. The molecule has 0 bridgehead atoms. The number of nitrogens with zero attached hydrogens (tertiary/aromatic N) is 11. The van der Waals surface area contributed by atoms with E-state index in [-0.39, 0.29) is 0 Å². The molecule has 7 aromatic heterocycles. The number of fused-ring (bicyclic) bond motifs is 28. The zero-order valence-corrected chi connectivity index (χ0v) is 70.5. The fourth-order valence-corrected chi connectivity index (χ4v) is 21.0. The van der Waals surface area contributed by atoms with Crippen molar-refractivity contribution in [2.45, 2.75) is 10.8 Å². The van der Waals surface area contributed by atoms with Gasteiger partial charge in [-0.1, -0.05) is 303 Å². The Morgan fingerprint density at radius 1 is 0.233 bits per heavy atom. The summed E-state index contributed by atoms with van der Waals surface area (Å²) in [7, 11) is 0. The Kier molecular flexibility index (Phi) is 16.6. The van der Waals surface area contributed by atoms with Gasteiger partial charge in [0.1, 0.15) is 23.0 Å². The Labute approximate surface area is 747 Å². The quantitative estimate of drug-likeness (QED) is 0.153. The van der Waals surface area contributed by atoms with Crippen LogP contribution in [0, 0.1) is 0 Å². The van der Waals surface area contributed by atoms with Crippen molar-refractivity contribution in [3.63, 3.8) is 0 Å². The summed E-state index contributed by atoms with van der Waals surface area (Å²) in [5.74, 6) is 7.18. The maximum Gasteiger partial charge on any atom is 0.196 e. The molecule has 24 aromatic rings. The maximum absolute atomic E-state index is 7.09. The molecule has 0 amide bonds. The van der Waals surface area contributed by atoms with Gasteiger partial charge in [-0.2, -0.15) is 0 Å². The number of nitrogens with one attached hydrogen (secondary N) is 1. The lowest BCUT2D eigenvalue weighted by Crippen LogP contribution is -2.37. The first-order valence-electron chi connectivity index (χ1n) is 43.1. The predicted octanol–water partition coefficient (Wildman–Crippen LogP) is 27.5. The van der Waals surface area contributed by atoms with Gasteiger partial charge in [-0.3, -0.25) is 0 Å². The number of H-pyrrole nitrogens is 1. The van der Waals surface area contributed by atoms with Crippen LogP contribution in [-0.2, 0) is 10.8 Å². The summed E-state index contributed by atoms with van der Waals surface area (Å²) >= 11 is 3.24. The molecular weight excluding hydrogens is 1650 g/mol. The summed E-state index contributed by atoms with van der Waals surface area (Å²) in [6.45, 7) is 0. The van der Waals surface area contributed by atoms with E-state index in [0.29, 0.717) is 39.7 Å².